The van der Waals surface area contributed by atoms with Gasteiger partial charge in [0.2, 0.25) is 0 Å². The first-order chi connectivity index (χ1) is 6.15. The molecule has 0 N–H and O–H groups in total. The Morgan fingerprint density at radius 1 is 1.31 bits per heavy atom. The number of hydrogen-bond donors (Lipinski definition) is 0. The average molecular weight is 198 g/mol. The van der Waals surface area contributed by atoms with Crippen molar-refractivity contribution in [2.45, 2.75) is 27.2 Å². The fourth-order valence-corrected chi connectivity index (χ4v) is 1.26. The topological polar surface area (TPSA) is 9.23 Å². The van der Waals surface area contributed by atoms with Gasteiger partial charge in [-0.25, -0.2) is 0 Å². The van der Waals surface area contributed by atoms with Gasteiger partial charge in [0.15, 0.2) is 0 Å². The van der Waals surface area contributed by atoms with Gasteiger partial charge in [-0.05, 0) is 43.5 Å². The molecule has 71 valence electrons. The number of benzene rings is 1. The molecular formula is C11H14ClO. The van der Waals surface area contributed by atoms with Crippen LogP contribution >= 0.6 is 11.6 Å². The molecule has 0 fully saturated rings. The van der Waals surface area contributed by atoms with Crippen LogP contribution in [-0.2, 0) is 0 Å². The van der Waals surface area contributed by atoms with Crippen molar-refractivity contribution in [3.05, 3.63) is 34.9 Å². The standard InChI is InChI=1S/C11H14ClO/c1-4-5-13-10-6-8(2)11(12)9(3)7-10/h5-7H,4H2,1-3H3. The predicted octanol–water partition coefficient (Wildman–Crippen LogP) is 3.91. The third kappa shape index (κ3) is 2.63. The highest BCUT2D eigenvalue weighted by atomic mass is 35.5. The Labute approximate surface area is 84.7 Å². The highest BCUT2D eigenvalue weighted by molar-refractivity contribution is 6.32. The summed E-state index contributed by atoms with van der Waals surface area (Å²) < 4.78 is 5.39. The number of rotatable bonds is 3. The maximum atomic E-state index is 6.02. The molecule has 1 radical (unpaired) electrons. The second kappa shape index (κ2) is 4.52. The van der Waals surface area contributed by atoms with E-state index in [0.29, 0.717) is 0 Å². The number of hydrogen-bond acceptors (Lipinski definition) is 1. The van der Waals surface area contributed by atoms with Gasteiger partial charge in [-0.1, -0.05) is 18.5 Å². The molecule has 0 aliphatic heterocycles. The van der Waals surface area contributed by atoms with Crippen LogP contribution in [0.3, 0.4) is 0 Å². The lowest BCUT2D eigenvalue weighted by Gasteiger charge is -2.08. The molecule has 1 rings (SSSR count). The number of aryl methyl sites for hydroxylation is 2. The minimum absolute atomic E-state index is 0.823. The molecule has 0 saturated carbocycles. The van der Waals surface area contributed by atoms with Gasteiger partial charge in [0, 0.05) is 5.02 Å². The Morgan fingerprint density at radius 2 is 1.85 bits per heavy atom. The molecule has 1 aromatic rings. The van der Waals surface area contributed by atoms with E-state index in [9.17, 15) is 0 Å². The monoisotopic (exact) mass is 197 g/mol. The van der Waals surface area contributed by atoms with Gasteiger partial charge in [-0.3, -0.25) is 0 Å². The van der Waals surface area contributed by atoms with Gasteiger partial charge in [0.25, 0.3) is 0 Å². The quantitative estimate of drug-likeness (QED) is 0.714. The molecule has 0 atom stereocenters. The summed E-state index contributed by atoms with van der Waals surface area (Å²) in [5.41, 5.74) is 2.11. The summed E-state index contributed by atoms with van der Waals surface area (Å²) in [6.45, 7) is 7.78. The second-order valence-electron chi connectivity index (χ2n) is 3.06. The second-order valence-corrected chi connectivity index (χ2v) is 3.44. The summed E-state index contributed by atoms with van der Waals surface area (Å²) in [5, 5.41) is 0.823. The zero-order valence-corrected chi connectivity index (χ0v) is 8.98. The fourth-order valence-electron chi connectivity index (χ4n) is 1.15. The molecule has 1 aromatic carbocycles. The molecule has 0 spiro atoms. The molecule has 0 bridgehead atoms. The average Bonchev–Trinajstić information content (AvgIpc) is 2.10. The largest absolute Gasteiger partial charge is 0.487 e. The first-order valence-corrected chi connectivity index (χ1v) is 4.78. The third-order valence-corrected chi connectivity index (χ3v) is 2.39. The Kier molecular flexibility index (Phi) is 3.61. The molecular weight excluding hydrogens is 184 g/mol. The molecule has 0 aliphatic rings. The van der Waals surface area contributed by atoms with Crippen LogP contribution in [0.1, 0.15) is 24.5 Å². The van der Waals surface area contributed by atoms with Gasteiger partial charge in [-0.15, -0.1) is 0 Å². The lowest BCUT2D eigenvalue weighted by atomic mass is 10.1. The SMILES string of the molecule is CC[CH]Oc1cc(C)c(Cl)c(C)c1. The first kappa shape index (κ1) is 10.4. The molecule has 0 heterocycles. The third-order valence-electron chi connectivity index (χ3n) is 1.80. The van der Waals surface area contributed by atoms with Crippen molar-refractivity contribution in [2.75, 3.05) is 0 Å². The zero-order chi connectivity index (χ0) is 9.84. The van der Waals surface area contributed by atoms with Crippen LogP contribution in [0.15, 0.2) is 12.1 Å². The van der Waals surface area contributed by atoms with Crippen LogP contribution in [0, 0.1) is 20.5 Å². The van der Waals surface area contributed by atoms with Crippen molar-refractivity contribution >= 4 is 11.6 Å². The minimum atomic E-state index is 0.823. The van der Waals surface area contributed by atoms with Crippen molar-refractivity contribution in [3.63, 3.8) is 0 Å². The van der Waals surface area contributed by atoms with Gasteiger partial charge in [0.05, 0.1) is 0 Å². The summed E-state index contributed by atoms with van der Waals surface area (Å²) in [4.78, 5) is 0. The Bertz CT molecular complexity index is 271. The van der Waals surface area contributed by atoms with Gasteiger partial charge in [-0.2, -0.15) is 0 Å². The Hall–Kier alpha value is -0.690. The van der Waals surface area contributed by atoms with Crippen molar-refractivity contribution in [1.29, 1.82) is 0 Å². The van der Waals surface area contributed by atoms with E-state index in [-0.39, 0.29) is 0 Å². The van der Waals surface area contributed by atoms with Crippen LogP contribution in [-0.4, -0.2) is 0 Å². The molecule has 13 heavy (non-hydrogen) atoms. The maximum Gasteiger partial charge on any atom is 0.135 e. The normalized spacial score (nSPS) is 10.2. The molecule has 0 unspecified atom stereocenters. The molecule has 1 nitrogen and oxygen atoms in total. The summed E-state index contributed by atoms with van der Waals surface area (Å²) >= 11 is 6.02. The summed E-state index contributed by atoms with van der Waals surface area (Å²) in [5.74, 6) is 0.862. The van der Waals surface area contributed by atoms with Crippen LogP contribution in [0.5, 0.6) is 5.75 Å². The van der Waals surface area contributed by atoms with Crippen LogP contribution in [0.4, 0.5) is 0 Å². The van der Waals surface area contributed by atoms with E-state index < -0.39 is 0 Å². The zero-order valence-electron chi connectivity index (χ0n) is 8.23. The lowest BCUT2D eigenvalue weighted by Crippen LogP contribution is -1.90. The maximum absolute atomic E-state index is 6.02. The van der Waals surface area contributed by atoms with Gasteiger partial charge < -0.3 is 4.74 Å². The van der Waals surface area contributed by atoms with Crippen molar-refractivity contribution in [3.8, 4) is 5.75 Å². The van der Waals surface area contributed by atoms with Crippen molar-refractivity contribution < 1.29 is 4.74 Å². The first-order valence-electron chi connectivity index (χ1n) is 4.40. The molecule has 0 aromatic heterocycles. The van der Waals surface area contributed by atoms with Crippen molar-refractivity contribution in [2.24, 2.45) is 0 Å². The van der Waals surface area contributed by atoms with E-state index in [1.165, 1.54) is 0 Å². The highest BCUT2D eigenvalue weighted by Gasteiger charge is 2.02. The Balaban J connectivity index is 2.86. The minimum Gasteiger partial charge on any atom is -0.487 e. The smallest absolute Gasteiger partial charge is 0.135 e. The summed E-state index contributed by atoms with van der Waals surface area (Å²) in [6, 6.07) is 3.89. The fraction of sp³-hybridized carbons (Fsp3) is 0.364. The lowest BCUT2D eigenvalue weighted by molar-refractivity contribution is 0.397. The van der Waals surface area contributed by atoms with Crippen molar-refractivity contribution in [1.82, 2.24) is 0 Å². The number of ether oxygens (including phenoxy) is 1. The molecule has 2 heteroatoms. The highest BCUT2D eigenvalue weighted by Crippen LogP contribution is 2.26. The van der Waals surface area contributed by atoms with E-state index in [0.717, 1.165) is 28.3 Å². The summed E-state index contributed by atoms with van der Waals surface area (Å²) in [6.07, 6.45) is 0.903. The van der Waals surface area contributed by atoms with Crippen LogP contribution in [0.25, 0.3) is 0 Å². The van der Waals surface area contributed by atoms with Gasteiger partial charge >= 0.3 is 0 Å². The van der Waals surface area contributed by atoms with E-state index >= 15 is 0 Å². The predicted molar refractivity (Wildman–Crippen MR) is 56.1 cm³/mol. The van der Waals surface area contributed by atoms with Crippen LogP contribution < -0.4 is 4.74 Å². The van der Waals surface area contributed by atoms with Gasteiger partial charge in [0.1, 0.15) is 12.4 Å². The molecule has 0 aliphatic carbocycles. The molecule has 0 saturated heterocycles. The summed E-state index contributed by atoms with van der Waals surface area (Å²) in [7, 11) is 0. The van der Waals surface area contributed by atoms with E-state index in [2.05, 4.69) is 0 Å². The van der Waals surface area contributed by atoms with Crippen LogP contribution in [0.2, 0.25) is 5.02 Å². The Morgan fingerprint density at radius 3 is 2.31 bits per heavy atom. The van der Waals surface area contributed by atoms with E-state index in [4.69, 9.17) is 16.3 Å². The molecule has 0 amide bonds. The van der Waals surface area contributed by atoms with E-state index in [1.807, 2.05) is 32.9 Å². The van der Waals surface area contributed by atoms with E-state index in [1.54, 1.807) is 6.61 Å². The number of halogens is 1.